The Kier molecular flexibility index (Phi) is 4.40. The highest BCUT2D eigenvalue weighted by Crippen LogP contribution is 2.22. The Bertz CT molecular complexity index is 559. The summed E-state index contributed by atoms with van der Waals surface area (Å²) in [5.74, 6) is -0.269. The molecule has 0 amide bonds. The Morgan fingerprint density at radius 2 is 1.72 bits per heavy atom. The van der Waals surface area contributed by atoms with E-state index in [0.717, 1.165) is 16.1 Å². The Morgan fingerprint density at radius 3 is 2.39 bits per heavy atom. The van der Waals surface area contributed by atoms with Crippen molar-refractivity contribution in [2.24, 2.45) is 0 Å². The van der Waals surface area contributed by atoms with Crippen LogP contribution in [0.5, 0.6) is 0 Å². The lowest BCUT2D eigenvalue weighted by Crippen LogP contribution is -1.84. The highest BCUT2D eigenvalue weighted by Gasteiger charge is 2.00. The minimum atomic E-state index is -0.269. The van der Waals surface area contributed by atoms with Crippen molar-refractivity contribution in [2.75, 3.05) is 0 Å². The summed E-state index contributed by atoms with van der Waals surface area (Å²) in [6.07, 6.45) is 2.52. The molecule has 92 valence electrons. The molecule has 0 heterocycles. The lowest BCUT2D eigenvalue weighted by atomic mass is 10.1. The summed E-state index contributed by atoms with van der Waals surface area (Å²) in [6, 6.07) is 13.7. The number of rotatable bonds is 3. The number of benzene rings is 2. The summed E-state index contributed by atoms with van der Waals surface area (Å²) >= 11 is 12.2. The fourth-order valence-corrected chi connectivity index (χ4v) is 2.01. The molecule has 18 heavy (non-hydrogen) atoms. The topological polar surface area (TPSA) is 0 Å². The van der Waals surface area contributed by atoms with Gasteiger partial charge >= 0.3 is 0 Å². The SMILES string of the molecule is Fc1ccc(C(Cl)=CCc2ccccc2Cl)cc1. The van der Waals surface area contributed by atoms with Gasteiger partial charge in [0.05, 0.1) is 0 Å². The molecular formula is C15H11Cl2F. The molecule has 3 heteroatoms. The van der Waals surface area contributed by atoms with Crippen LogP contribution in [0.2, 0.25) is 5.02 Å². The summed E-state index contributed by atoms with van der Waals surface area (Å²) in [4.78, 5) is 0. The van der Waals surface area contributed by atoms with E-state index in [4.69, 9.17) is 23.2 Å². The van der Waals surface area contributed by atoms with Gasteiger partial charge in [0.2, 0.25) is 0 Å². The number of allylic oxidation sites excluding steroid dienone is 1. The molecule has 0 fully saturated rings. The zero-order valence-corrected chi connectivity index (χ0v) is 11.0. The Morgan fingerprint density at radius 1 is 1.06 bits per heavy atom. The number of halogens is 3. The van der Waals surface area contributed by atoms with E-state index in [1.165, 1.54) is 12.1 Å². The molecule has 0 aliphatic heterocycles. The second kappa shape index (κ2) is 6.03. The van der Waals surface area contributed by atoms with Gasteiger partial charge in [0.1, 0.15) is 5.82 Å². The smallest absolute Gasteiger partial charge is 0.123 e. The summed E-state index contributed by atoms with van der Waals surface area (Å²) < 4.78 is 12.8. The standard InChI is InChI=1S/C15H11Cl2F/c16-14-4-2-1-3-11(14)7-10-15(17)12-5-8-13(18)9-6-12/h1-6,8-10H,7H2. The molecule has 2 aromatic rings. The fourth-order valence-electron chi connectivity index (χ4n) is 1.59. The zero-order chi connectivity index (χ0) is 13.0. The van der Waals surface area contributed by atoms with Crippen LogP contribution in [0.15, 0.2) is 54.6 Å². The molecule has 0 aromatic heterocycles. The Labute approximate surface area is 116 Å². The average molecular weight is 281 g/mol. The normalized spacial score (nSPS) is 11.6. The van der Waals surface area contributed by atoms with Crippen LogP contribution in [0.25, 0.3) is 5.03 Å². The second-order valence-electron chi connectivity index (χ2n) is 3.85. The van der Waals surface area contributed by atoms with Gasteiger partial charge in [-0.1, -0.05) is 59.6 Å². The molecule has 0 aliphatic rings. The number of hydrogen-bond donors (Lipinski definition) is 0. The maximum atomic E-state index is 12.8. The monoisotopic (exact) mass is 280 g/mol. The lowest BCUT2D eigenvalue weighted by molar-refractivity contribution is 0.627. The predicted molar refractivity (Wildman–Crippen MR) is 75.4 cm³/mol. The second-order valence-corrected chi connectivity index (χ2v) is 4.67. The van der Waals surface area contributed by atoms with Gasteiger partial charge in [-0.2, -0.15) is 0 Å². The molecule has 0 spiro atoms. The molecule has 0 unspecified atom stereocenters. The van der Waals surface area contributed by atoms with E-state index < -0.39 is 0 Å². The largest absolute Gasteiger partial charge is 0.207 e. The van der Waals surface area contributed by atoms with Crippen LogP contribution in [0, 0.1) is 5.82 Å². The minimum absolute atomic E-state index is 0.269. The van der Waals surface area contributed by atoms with E-state index in [1.807, 2.05) is 30.3 Å². The molecule has 0 aliphatic carbocycles. The first-order valence-electron chi connectivity index (χ1n) is 5.52. The van der Waals surface area contributed by atoms with Crippen molar-refractivity contribution in [3.63, 3.8) is 0 Å². The van der Waals surface area contributed by atoms with Crippen LogP contribution < -0.4 is 0 Å². The van der Waals surface area contributed by atoms with Gasteiger partial charge in [0, 0.05) is 10.1 Å². The van der Waals surface area contributed by atoms with Crippen LogP contribution in [0.1, 0.15) is 11.1 Å². The summed E-state index contributed by atoms with van der Waals surface area (Å²) in [6.45, 7) is 0. The first-order chi connectivity index (χ1) is 8.66. The van der Waals surface area contributed by atoms with Crippen molar-refractivity contribution in [3.05, 3.63) is 76.6 Å². The first kappa shape index (κ1) is 13.1. The van der Waals surface area contributed by atoms with Crippen molar-refractivity contribution in [1.82, 2.24) is 0 Å². The molecular weight excluding hydrogens is 270 g/mol. The molecule has 0 saturated carbocycles. The van der Waals surface area contributed by atoms with E-state index in [9.17, 15) is 4.39 Å². The zero-order valence-electron chi connectivity index (χ0n) is 9.54. The van der Waals surface area contributed by atoms with E-state index in [1.54, 1.807) is 12.1 Å². The van der Waals surface area contributed by atoms with Crippen LogP contribution >= 0.6 is 23.2 Å². The van der Waals surface area contributed by atoms with E-state index >= 15 is 0 Å². The van der Waals surface area contributed by atoms with Crippen molar-refractivity contribution < 1.29 is 4.39 Å². The highest BCUT2D eigenvalue weighted by molar-refractivity contribution is 6.48. The van der Waals surface area contributed by atoms with Gasteiger partial charge in [-0.05, 0) is 35.7 Å². The average Bonchev–Trinajstić information content (AvgIpc) is 2.38. The van der Waals surface area contributed by atoms with Crippen molar-refractivity contribution in [3.8, 4) is 0 Å². The molecule has 0 radical (unpaired) electrons. The highest BCUT2D eigenvalue weighted by atomic mass is 35.5. The third kappa shape index (κ3) is 3.34. The summed E-state index contributed by atoms with van der Waals surface area (Å²) in [5.41, 5.74) is 1.81. The molecule has 0 N–H and O–H groups in total. The van der Waals surface area contributed by atoms with Crippen LogP contribution in [0.3, 0.4) is 0 Å². The van der Waals surface area contributed by atoms with E-state index in [2.05, 4.69) is 0 Å². The van der Waals surface area contributed by atoms with Crippen molar-refractivity contribution in [1.29, 1.82) is 0 Å². The molecule has 0 bridgehead atoms. The fraction of sp³-hybridized carbons (Fsp3) is 0.0667. The quantitative estimate of drug-likeness (QED) is 0.716. The van der Waals surface area contributed by atoms with Gasteiger partial charge in [-0.15, -0.1) is 0 Å². The summed E-state index contributed by atoms with van der Waals surface area (Å²) in [5, 5.41) is 1.31. The summed E-state index contributed by atoms with van der Waals surface area (Å²) in [7, 11) is 0. The van der Waals surface area contributed by atoms with Gasteiger partial charge in [-0.3, -0.25) is 0 Å². The maximum absolute atomic E-state index is 12.8. The molecule has 0 saturated heterocycles. The molecule has 2 aromatic carbocycles. The van der Waals surface area contributed by atoms with E-state index in [-0.39, 0.29) is 5.82 Å². The van der Waals surface area contributed by atoms with Crippen molar-refractivity contribution in [2.45, 2.75) is 6.42 Å². The molecule has 0 nitrogen and oxygen atoms in total. The van der Waals surface area contributed by atoms with Crippen LogP contribution in [-0.2, 0) is 6.42 Å². The Balaban J connectivity index is 2.14. The van der Waals surface area contributed by atoms with Crippen LogP contribution in [0.4, 0.5) is 4.39 Å². The third-order valence-electron chi connectivity index (χ3n) is 2.58. The predicted octanol–water partition coefficient (Wildman–Crippen LogP) is 5.30. The third-order valence-corrected chi connectivity index (χ3v) is 3.32. The maximum Gasteiger partial charge on any atom is 0.123 e. The minimum Gasteiger partial charge on any atom is -0.207 e. The lowest BCUT2D eigenvalue weighted by Gasteiger charge is -2.02. The molecule has 0 atom stereocenters. The Hall–Kier alpha value is -1.31. The molecule has 2 rings (SSSR count). The first-order valence-corrected chi connectivity index (χ1v) is 6.27. The van der Waals surface area contributed by atoms with Gasteiger partial charge in [0.25, 0.3) is 0 Å². The van der Waals surface area contributed by atoms with Gasteiger partial charge in [0.15, 0.2) is 0 Å². The van der Waals surface area contributed by atoms with Crippen LogP contribution in [-0.4, -0.2) is 0 Å². The van der Waals surface area contributed by atoms with Gasteiger partial charge < -0.3 is 0 Å². The van der Waals surface area contributed by atoms with E-state index in [0.29, 0.717) is 11.5 Å². The number of hydrogen-bond acceptors (Lipinski definition) is 0. The van der Waals surface area contributed by atoms with Gasteiger partial charge in [-0.25, -0.2) is 4.39 Å². The van der Waals surface area contributed by atoms with Crippen molar-refractivity contribution >= 4 is 28.2 Å².